The Morgan fingerprint density at radius 2 is 2.53 bits per heavy atom. The van der Waals surface area contributed by atoms with Crippen LogP contribution in [0, 0.1) is 0 Å². The predicted octanol–water partition coefficient (Wildman–Crippen LogP) is 1.65. The van der Waals surface area contributed by atoms with Gasteiger partial charge < -0.3 is 14.8 Å². The van der Waals surface area contributed by atoms with Crippen LogP contribution in [0.3, 0.4) is 0 Å². The zero-order chi connectivity index (χ0) is 12.1. The van der Waals surface area contributed by atoms with E-state index in [9.17, 15) is 0 Å². The van der Waals surface area contributed by atoms with E-state index in [0.29, 0.717) is 11.9 Å². The number of amidine groups is 1. The molecule has 17 heavy (non-hydrogen) atoms. The lowest BCUT2D eigenvalue weighted by molar-refractivity contribution is -0.0125. The molecule has 0 aromatic carbocycles. The Kier molecular flexibility index (Phi) is 4.70. The fraction of sp³-hybridized carbons (Fsp3) is 0.917. The zero-order valence-electron chi connectivity index (χ0n) is 10.7. The van der Waals surface area contributed by atoms with Gasteiger partial charge >= 0.3 is 0 Å². The van der Waals surface area contributed by atoms with E-state index in [2.05, 4.69) is 17.2 Å². The molecule has 0 saturated carbocycles. The number of aliphatic imine (C=N–C) groups is 1. The maximum Gasteiger partial charge on any atom is 0.157 e. The second kappa shape index (κ2) is 6.07. The van der Waals surface area contributed by atoms with Crippen LogP contribution in [0.4, 0.5) is 0 Å². The lowest BCUT2D eigenvalue weighted by atomic mass is 10.0. The highest BCUT2D eigenvalue weighted by Crippen LogP contribution is 2.25. The summed E-state index contributed by atoms with van der Waals surface area (Å²) in [7, 11) is 1.76. The smallest absolute Gasteiger partial charge is 0.157 e. The van der Waals surface area contributed by atoms with Crippen molar-refractivity contribution in [2.75, 3.05) is 33.4 Å². The van der Waals surface area contributed by atoms with Crippen LogP contribution in [0.5, 0.6) is 0 Å². The van der Waals surface area contributed by atoms with Crippen LogP contribution >= 0.6 is 11.8 Å². The largest absolute Gasteiger partial charge is 0.378 e. The summed E-state index contributed by atoms with van der Waals surface area (Å²) in [5, 5.41) is 5.15. The molecule has 0 aliphatic carbocycles. The first-order chi connectivity index (χ1) is 8.28. The van der Waals surface area contributed by atoms with Gasteiger partial charge in [-0.05, 0) is 6.42 Å². The minimum absolute atomic E-state index is 0.147. The summed E-state index contributed by atoms with van der Waals surface area (Å²) in [6.45, 7) is 5.47. The Hall–Kier alpha value is -0.260. The molecule has 2 aliphatic heterocycles. The molecule has 98 valence electrons. The van der Waals surface area contributed by atoms with Crippen LogP contribution in [0.2, 0.25) is 0 Å². The van der Waals surface area contributed by atoms with Gasteiger partial charge in [0.1, 0.15) is 5.60 Å². The molecule has 0 aromatic heterocycles. The Labute approximate surface area is 108 Å². The van der Waals surface area contributed by atoms with E-state index in [4.69, 9.17) is 9.47 Å². The lowest BCUT2D eigenvalue weighted by Crippen LogP contribution is -2.44. The molecular weight excluding hydrogens is 236 g/mol. The fourth-order valence-corrected chi connectivity index (χ4v) is 3.31. The number of rotatable bonds is 5. The molecule has 1 N–H and O–H groups in total. The van der Waals surface area contributed by atoms with Crippen molar-refractivity contribution in [2.24, 2.45) is 4.99 Å². The van der Waals surface area contributed by atoms with Crippen LogP contribution < -0.4 is 5.32 Å². The van der Waals surface area contributed by atoms with Crippen molar-refractivity contribution in [1.29, 1.82) is 0 Å². The van der Waals surface area contributed by atoms with Gasteiger partial charge in [-0.3, -0.25) is 4.99 Å². The first-order valence-corrected chi connectivity index (χ1v) is 7.24. The van der Waals surface area contributed by atoms with Gasteiger partial charge in [-0.25, -0.2) is 0 Å². The summed E-state index contributed by atoms with van der Waals surface area (Å²) in [4.78, 5) is 4.53. The number of thioether (sulfide) groups is 1. The highest BCUT2D eigenvalue weighted by Gasteiger charge is 2.35. The van der Waals surface area contributed by atoms with E-state index >= 15 is 0 Å². The van der Waals surface area contributed by atoms with Crippen LogP contribution in [0.1, 0.15) is 26.2 Å². The monoisotopic (exact) mass is 258 g/mol. The molecule has 0 bridgehead atoms. The van der Waals surface area contributed by atoms with Crippen molar-refractivity contribution >= 4 is 16.9 Å². The lowest BCUT2D eigenvalue weighted by Gasteiger charge is -2.26. The summed E-state index contributed by atoms with van der Waals surface area (Å²) in [5.41, 5.74) is -0.147. The summed E-state index contributed by atoms with van der Waals surface area (Å²) in [6.07, 6.45) is 3.45. The van der Waals surface area contributed by atoms with Gasteiger partial charge in [-0.1, -0.05) is 25.1 Å². The van der Waals surface area contributed by atoms with E-state index in [-0.39, 0.29) is 5.60 Å². The molecule has 4 nitrogen and oxygen atoms in total. The van der Waals surface area contributed by atoms with E-state index in [0.717, 1.165) is 31.3 Å². The van der Waals surface area contributed by atoms with Crippen molar-refractivity contribution in [3.63, 3.8) is 0 Å². The van der Waals surface area contributed by atoms with Crippen LogP contribution in [-0.4, -0.2) is 49.4 Å². The number of methoxy groups -OCH3 is 1. The van der Waals surface area contributed by atoms with Crippen LogP contribution in [0.15, 0.2) is 4.99 Å². The second-order valence-corrected chi connectivity index (χ2v) is 6.01. The summed E-state index contributed by atoms with van der Waals surface area (Å²) < 4.78 is 11.0. The van der Waals surface area contributed by atoms with Crippen LogP contribution in [0.25, 0.3) is 0 Å². The van der Waals surface area contributed by atoms with E-state index in [1.54, 1.807) is 7.11 Å². The van der Waals surface area contributed by atoms with E-state index in [1.807, 2.05) is 11.8 Å². The average molecular weight is 258 g/mol. The molecule has 1 saturated heterocycles. The molecule has 2 unspecified atom stereocenters. The molecular formula is C12H22N2O2S. The Balaban J connectivity index is 1.75. The number of nitrogens with one attached hydrogen (secondary N) is 1. The molecule has 2 aliphatic rings. The third-order valence-electron chi connectivity index (χ3n) is 3.39. The molecule has 1 fully saturated rings. The number of hydrogen-bond donors (Lipinski definition) is 1. The molecule has 0 spiro atoms. The van der Waals surface area contributed by atoms with Gasteiger partial charge in [-0.2, -0.15) is 0 Å². The van der Waals surface area contributed by atoms with Crippen molar-refractivity contribution in [3.05, 3.63) is 0 Å². The minimum Gasteiger partial charge on any atom is -0.378 e. The topological polar surface area (TPSA) is 42.9 Å². The summed E-state index contributed by atoms with van der Waals surface area (Å²) in [6, 6.07) is 0. The number of nitrogens with zero attached hydrogens (tertiary/aromatic N) is 1. The molecule has 0 aromatic rings. The summed E-state index contributed by atoms with van der Waals surface area (Å²) in [5.74, 6) is 0. The Morgan fingerprint density at radius 3 is 3.18 bits per heavy atom. The second-order valence-electron chi connectivity index (χ2n) is 4.72. The van der Waals surface area contributed by atoms with Gasteiger partial charge in [0.25, 0.3) is 0 Å². The molecule has 0 radical (unpaired) electrons. The highest BCUT2D eigenvalue weighted by atomic mass is 32.2. The number of ether oxygens (including phenoxy) is 2. The number of hydrogen-bond acceptors (Lipinski definition) is 5. The summed E-state index contributed by atoms with van der Waals surface area (Å²) >= 11 is 1.87. The van der Waals surface area contributed by atoms with Gasteiger partial charge in [0.2, 0.25) is 0 Å². The maximum absolute atomic E-state index is 5.58. The predicted molar refractivity (Wildman–Crippen MR) is 71.8 cm³/mol. The quantitative estimate of drug-likeness (QED) is 0.814. The molecule has 2 rings (SSSR count). The van der Waals surface area contributed by atoms with Crippen LogP contribution in [-0.2, 0) is 9.47 Å². The first-order valence-electron chi connectivity index (χ1n) is 6.36. The zero-order valence-corrected chi connectivity index (χ0v) is 11.5. The first kappa shape index (κ1) is 13.2. The highest BCUT2D eigenvalue weighted by molar-refractivity contribution is 8.14. The maximum atomic E-state index is 5.58. The normalized spacial score (nSPS) is 32.8. The van der Waals surface area contributed by atoms with E-state index in [1.165, 1.54) is 12.8 Å². The SMILES string of the molecule is CCCC1CN=C(NCC2(OC)CCOC2)S1. The van der Waals surface area contributed by atoms with Crippen molar-refractivity contribution in [2.45, 2.75) is 37.0 Å². The third-order valence-corrected chi connectivity index (χ3v) is 4.60. The molecule has 2 atom stereocenters. The van der Waals surface area contributed by atoms with E-state index < -0.39 is 0 Å². The average Bonchev–Trinajstić information content (AvgIpc) is 2.96. The molecule has 0 amide bonds. The minimum atomic E-state index is -0.147. The Morgan fingerprint density at radius 1 is 1.65 bits per heavy atom. The fourth-order valence-electron chi connectivity index (χ4n) is 2.18. The van der Waals surface area contributed by atoms with Crippen molar-refractivity contribution in [1.82, 2.24) is 5.32 Å². The Bertz CT molecular complexity index is 278. The standard InChI is InChI=1S/C12H22N2O2S/c1-3-4-10-7-13-11(17-10)14-8-12(15-2)5-6-16-9-12/h10H,3-9H2,1-2H3,(H,13,14). The van der Waals surface area contributed by atoms with Crippen molar-refractivity contribution in [3.8, 4) is 0 Å². The third kappa shape index (κ3) is 3.36. The molecule has 5 heteroatoms. The van der Waals surface area contributed by atoms with Crippen molar-refractivity contribution < 1.29 is 9.47 Å². The van der Waals surface area contributed by atoms with Gasteiger partial charge in [0.15, 0.2) is 5.17 Å². The van der Waals surface area contributed by atoms with Gasteiger partial charge in [-0.15, -0.1) is 0 Å². The van der Waals surface area contributed by atoms with Gasteiger partial charge in [0.05, 0.1) is 13.2 Å². The molecule has 2 heterocycles. The van der Waals surface area contributed by atoms with Gasteiger partial charge in [0, 0.05) is 31.9 Å².